The van der Waals surface area contributed by atoms with Crippen LogP contribution in [0.4, 0.5) is 5.69 Å². The summed E-state index contributed by atoms with van der Waals surface area (Å²) < 4.78 is 27.0. The Labute approximate surface area is 211 Å². The highest BCUT2D eigenvalue weighted by atomic mass is 16.6. The predicted molar refractivity (Wildman–Crippen MR) is 136 cm³/mol. The highest BCUT2D eigenvalue weighted by molar-refractivity contribution is 6.02. The van der Waals surface area contributed by atoms with Gasteiger partial charge in [0.2, 0.25) is 5.91 Å². The Morgan fingerprint density at radius 3 is 2.08 bits per heavy atom. The Morgan fingerprint density at radius 1 is 0.861 bits per heavy atom. The first-order valence-corrected chi connectivity index (χ1v) is 11.5. The number of nitrogens with zero attached hydrogens (tertiary/aromatic N) is 2. The third-order valence-electron chi connectivity index (χ3n) is 5.76. The molecule has 0 atom stereocenters. The molecule has 1 fully saturated rings. The number of esters is 1. The van der Waals surface area contributed by atoms with Gasteiger partial charge in [-0.15, -0.1) is 0 Å². The summed E-state index contributed by atoms with van der Waals surface area (Å²) in [4.78, 5) is 29.4. The van der Waals surface area contributed by atoms with Crippen molar-refractivity contribution in [3.05, 3.63) is 42.0 Å². The van der Waals surface area contributed by atoms with Gasteiger partial charge in [-0.05, 0) is 25.3 Å². The molecule has 10 nitrogen and oxygen atoms in total. The van der Waals surface area contributed by atoms with Gasteiger partial charge in [-0.25, -0.2) is 0 Å². The first-order valence-electron chi connectivity index (χ1n) is 11.5. The summed E-state index contributed by atoms with van der Waals surface area (Å²) in [5, 5.41) is 2.77. The van der Waals surface area contributed by atoms with Crippen LogP contribution in [0.25, 0.3) is 6.08 Å². The Morgan fingerprint density at radius 2 is 1.50 bits per heavy atom. The molecule has 2 aromatic rings. The second kappa shape index (κ2) is 12.8. The number of carbonyl (C=O) groups is 2. The number of nitrogens with one attached hydrogen (secondary N) is 1. The molecule has 0 aliphatic carbocycles. The largest absolute Gasteiger partial charge is 0.496 e. The molecule has 3 rings (SSSR count). The highest BCUT2D eigenvalue weighted by Crippen LogP contribution is 2.35. The van der Waals surface area contributed by atoms with E-state index in [2.05, 4.69) is 17.3 Å². The minimum absolute atomic E-state index is 0.182. The van der Waals surface area contributed by atoms with Crippen molar-refractivity contribution < 1.29 is 33.3 Å². The Hall–Kier alpha value is -3.76. The zero-order valence-electron chi connectivity index (χ0n) is 21.3. The molecular formula is C26H33N3O7. The lowest BCUT2D eigenvalue weighted by atomic mass is 10.1. The summed E-state index contributed by atoms with van der Waals surface area (Å²) in [6.45, 7) is 3.59. The van der Waals surface area contributed by atoms with Gasteiger partial charge in [0.1, 0.15) is 17.2 Å². The zero-order valence-corrected chi connectivity index (χ0v) is 21.3. The van der Waals surface area contributed by atoms with Gasteiger partial charge < -0.3 is 33.9 Å². The standard InChI is InChI=1S/C26H33N3O7/c1-28-10-12-29(13-11-28)17-26(31)36-24-14-18(6-8-21(24)33-3)27-25(30)9-7-20-22(34-4)15-19(32-2)16-23(20)35-5/h6-9,14-16H,10-13,17H2,1-5H3,(H,27,30). The third-order valence-corrected chi connectivity index (χ3v) is 5.76. The van der Waals surface area contributed by atoms with Gasteiger partial charge in [0.05, 0.1) is 40.5 Å². The van der Waals surface area contributed by atoms with Crippen LogP contribution >= 0.6 is 0 Å². The molecule has 0 bridgehead atoms. The van der Waals surface area contributed by atoms with Gasteiger partial charge >= 0.3 is 5.97 Å². The second-order valence-electron chi connectivity index (χ2n) is 8.19. The molecule has 0 saturated carbocycles. The Balaban J connectivity index is 1.69. The van der Waals surface area contributed by atoms with E-state index < -0.39 is 5.91 Å². The number of ether oxygens (including phenoxy) is 5. The van der Waals surface area contributed by atoms with Crippen LogP contribution < -0.4 is 29.0 Å². The highest BCUT2D eigenvalue weighted by Gasteiger charge is 2.19. The fraction of sp³-hybridized carbons (Fsp3) is 0.385. The summed E-state index contributed by atoms with van der Waals surface area (Å²) in [7, 11) is 8.14. The van der Waals surface area contributed by atoms with Crippen molar-refractivity contribution in [1.29, 1.82) is 0 Å². The maximum atomic E-state index is 12.6. The van der Waals surface area contributed by atoms with E-state index in [1.165, 1.54) is 27.4 Å². The van der Waals surface area contributed by atoms with Crippen LogP contribution in [0.1, 0.15) is 5.56 Å². The van der Waals surface area contributed by atoms with Crippen molar-refractivity contribution in [3.8, 4) is 28.7 Å². The van der Waals surface area contributed by atoms with Gasteiger partial charge in [-0.1, -0.05) is 0 Å². The molecular weight excluding hydrogens is 466 g/mol. The molecule has 1 aliphatic heterocycles. The van der Waals surface area contributed by atoms with Crippen LogP contribution in [0.3, 0.4) is 0 Å². The molecule has 2 aromatic carbocycles. The van der Waals surface area contributed by atoms with E-state index in [0.29, 0.717) is 34.2 Å². The monoisotopic (exact) mass is 499 g/mol. The molecule has 1 saturated heterocycles. The van der Waals surface area contributed by atoms with E-state index in [-0.39, 0.29) is 18.3 Å². The van der Waals surface area contributed by atoms with Crippen LogP contribution in [0.15, 0.2) is 36.4 Å². The molecule has 1 heterocycles. The van der Waals surface area contributed by atoms with Crippen molar-refractivity contribution >= 4 is 23.6 Å². The predicted octanol–water partition coefficient (Wildman–Crippen LogP) is 2.53. The number of hydrogen-bond donors (Lipinski definition) is 1. The smallest absolute Gasteiger partial charge is 0.325 e. The summed E-state index contributed by atoms with van der Waals surface area (Å²) >= 11 is 0. The molecule has 0 unspecified atom stereocenters. The van der Waals surface area contributed by atoms with Crippen LogP contribution in [0.2, 0.25) is 0 Å². The van der Waals surface area contributed by atoms with E-state index in [9.17, 15) is 9.59 Å². The second-order valence-corrected chi connectivity index (χ2v) is 8.19. The third kappa shape index (κ3) is 7.12. The van der Waals surface area contributed by atoms with Gasteiger partial charge in [0.15, 0.2) is 11.5 Å². The van der Waals surface area contributed by atoms with Gasteiger partial charge in [-0.3, -0.25) is 14.5 Å². The quantitative estimate of drug-likeness (QED) is 0.300. The molecule has 1 N–H and O–H groups in total. The summed E-state index contributed by atoms with van der Waals surface area (Å²) in [5.74, 6) is 1.40. The minimum atomic E-state index is -0.394. The van der Waals surface area contributed by atoms with Crippen molar-refractivity contribution in [1.82, 2.24) is 9.80 Å². The summed E-state index contributed by atoms with van der Waals surface area (Å²) in [5.41, 5.74) is 1.03. The number of hydrogen-bond acceptors (Lipinski definition) is 9. The number of methoxy groups -OCH3 is 4. The number of benzene rings is 2. The van der Waals surface area contributed by atoms with Crippen molar-refractivity contribution in [2.24, 2.45) is 0 Å². The minimum Gasteiger partial charge on any atom is -0.496 e. The first-order chi connectivity index (χ1) is 17.4. The zero-order chi connectivity index (χ0) is 26.1. The van der Waals surface area contributed by atoms with Crippen molar-refractivity contribution in [2.75, 3.05) is 73.5 Å². The van der Waals surface area contributed by atoms with Crippen LogP contribution in [0, 0.1) is 0 Å². The van der Waals surface area contributed by atoms with Gasteiger partial charge in [0, 0.05) is 56.1 Å². The lowest BCUT2D eigenvalue weighted by molar-refractivity contribution is -0.136. The molecule has 194 valence electrons. The molecule has 1 amide bonds. The fourth-order valence-electron chi connectivity index (χ4n) is 3.72. The molecule has 0 spiro atoms. The molecule has 36 heavy (non-hydrogen) atoms. The molecule has 1 aliphatic rings. The number of likely N-dealkylation sites (N-methyl/N-ethyl adjacent to an activating group) is 1. The van der Waals surface area contributed by atoms with Crippen molar-refractivity contribution in [2.45, 2.75) is 0 Å². The van der Waals surface area contributed by atoms with Crippen LogP contribution in [-0.2, 0) is 9.59 Å². The lowest BCUT2D eigenvalue weighted by Gasteiger charge is -2.31. The van der Waals surface area contributed by atoms with E-state index in [4.69, 9.17) is 23.7 Å². The number of rotatable bonds is 10. The van der Waals surface area contributed by atoms with Crippen molar-refractivity contribution in [3.63, 3.8) is 0 Å². The van der Waals surface area contributed by atoms with E-state index >= 15 is 0 Å². The Bertz CT molecular complexity index is 1070. The molecule has 0 radical (unpaired) electrons. The van der Waals surface area contributed by atoms with Gasteiger partial charge in [0.25, 0.3) is 0 Å². The number of piperazine rings is 1. The lowest BCUT2D eigenvalue weighted by Crippen LogP contribution is -2.46. The molecule has 0 aromatic heterocycles. The first kappa shape index (κ1) is 26.8. The average molecular weight is 500 g/mol. The summed E-state index contributed by atoms with van der Waals surface area (Å²) in [6.07, 6.45) is 2.95. The SMILES string of the molecule is COc1cc(OC)c(C=CC(=O)Nc2ccc(OC)c(OC(=O)CN3CCN(C)CC3)c2)c(OC)c1. The van der Waals surface area contributed by atoms with Crippen LogP contribution in [-0.4, -0.2) is 89.9 Å². The normalized spacial score (nSPS) is 14.4. The summed E-state index contributed by atoms with van der Waals surface area (Å²) in [6, 6.07) is 8.25. The number of amides is 1. The number of carbonyl (C=O) groups excluding carboxylic acids is 2. The Kier molecular flexibility index (Phi) is 9.54. The van der Waals surface area contributed by atoms with Gasteiger partial charge in [-0.2, -0.15) is 0 Å². The average Bonchev–Trinajstić information content (AvgIpc) is 2.88. The number of anilines is 1. The van der Waals surface area contributed by atoms with E-state index in [1.807, 2.05) is 4.90 Å². The topological polar surface area (TPSA) is 98.8 Å². The fourth-order valence-corrected chi connectivity index (χ4v) is 3.72. The maximum Gasteiger partial charge on any atom is 0.325 e. The van der Waals surface area contributed by atoms with Crippen LogP contribution in [0.5, 0.6) is 28.7 Å². The van der Waals surface area contributed by atoms with E-state index in [0.717, 1.165) is 26.2 Å². The maximum absolute atomic E-state index is 12.6. The molecule has 10 heteroatoms. The van der Waals surface area contributed by atoms with E-state index in [1.54, 1.807) is 43.5 Å².